The number of pyridine rings is 1. The average Bonchev–Trinajstić information content (AvgIpc) is 3.51. The van der Waals surface area contributed by atoms with Crippen LogP contribution in [0.5, 0.6) is 0 Å². The SMILES string of the molecule is Cc1cccnc1-n1cc(CN2CCC3(CC2)OCC(F)(F)c2cc(Cl)sc23)c(C)n1.O=C(O)[C@H](O)[C@@H](O)C(=O)O. The van der Waals surface area contributed by atoms with E-state index in [0.717, 1.165) is 42.3 Å². The summed E-state index contributed by atoms with van der Waals surface area (Å²) in [5.74, 6) is -5.69. The van der Waals surface area contributed by atoms with Gasteiger partial charge in [-0.05, 0) is 44.4 Å². The predicted molar refractivity (Wildman–Crippen MR) is 143 cm³/mol. The van der Waals surface area contributed by atoms with Crippen LogP contribution in [0, 0.1) is 13.8 Å². The average molecular weight is 615 g/mol. The molecule has 222 valence electrons. The maximum Gasteiger partial charge on any atom is 0.335 e. The van der Waals surface area contributed by atoms with Gasteiger partial charge in [-0.15, -0.1) is 11.3 Å². The summed E-state index contributed by atoms with van der Waals surface area (Å²) in [6, 6.07) is 5.34. The van der Waals surface area contributed by atoms with Crippen LogP contribution in [0.3, 0.4) is 0 Å². The van der Waals surface area contributed by atoms with Crippen molar-refractivity contribution in [3.05, 3.63) is 62.2 Å². The molecule has 0 amide bonds. The third-order valence-corrected chi connectivity index (χ3v) is 8.55. The van der Waals surface area contributed by atoms with E-state index >= 15 is 0 Å². The Morgan fingerprint density at radius 3 is 2.39 bits per heavy atom. The molecule has 3 aromatic rings. The van der Waals surface area contributed by atoms with Crippen LogP contribution < -0.4 is 0 Å². The molecule has 1 fully saturated rings. The zero-order chi connectivity index (χ0) is 30.1. The number of carboxylic acid groups (broad SMARTS) is 2. The van der Waals surface area contributed by atoms with Crippen LogP contribution in [-0.2, 0) is 32.4 Å². The van der Waals surface area contributed by atoms with Crippen molar-refractivity contribution in [2.75, 3.05) is 19.7 Å². The van der Waals surface area contributed by atoms with E-state index in [1.807, 2.05) is 36.9 Å². The number of hydrogen-bond acceptors (Lipinski definition) is 9. The van der Waals surface area contributed by atoms with Gasteiger partial charge >= 0.3 is 11.9 Å². The summed E-state index contributed by atoms with van der Waals surface area (Å²) in [7, 11) is 0. The van der Waals surface area contributed by atoms with Crippen molar-refractivity contribution in [2.24, 2.45) is 0 Å². The number of likely N-dealkylation sites (tertiary alicyclic amines) is 1. The number of piperidine rings is 1. The lowest BCUT2D eigenvalue weighted by atomic mass is 9.84. The molecule has 41 heavy (non-hydrogen) atoms. The van der Waals surface area contributed by atoms with Crippen molar-refractivity contribution >= 4 is 34.9 Å². The molecule has 0 bridgehead atoms. The molecule has 1 spiro atoms. The first-order valence-electron chi connectivity index (χ1n) is 12.6. The van der Waals surface area contributed by atoms with Gasteiger partial charge < -0.3 is 25.2 Å². The van der Waals surface area contributed by atoms with Gasteiger partial charge in [0, 0.05) is 48.0 Å². The van der Waals surface area contributed by atoms with Crippen LogP contribution >= 0.6 is 22.9 Å². The Labute approximate surface area is 242 Å². The standard InChI is InChI=1S/C22H23ClF2N4OS.C4H6O6/c1-14-4-3-7-26-20(14)29-12-16(15(2)27-29)11-28-8-5-21(6-9-28)19-17(10-18(23)31-19)22(24,25)13-30-21;5-1(3(7)8)2(6)4(9)10/h3-4,7,10,12H,5-6,8-9,11,13H2,1-2H3;1-2,5-6H,(H,7,8)(H,9,10)/t;1-,2-/m.1/s1. The molecule has 5 rings (SSSR count). The van der Waals surface area contributed by atoms with Crippen molar-refractivity contribution in [3.63, 3.8) is 0 Å². The summed E-state index contributed by atoms with van der Waals surface area (Å²) in [6.07, 6.45) is 0.597. The summed E-state index contributed by atoms with van der Waals surface area (Å²) >= 11 is 7.33. The number of halogens is 3. The molecule has 0 saturated carbocycles. The van der Waals surface area contributed by atoms with Crippen LogP contribution in [-0.4, -0.2) is 83.9 Å². The molecule has 2 aliphatic rings. The number of thiophene rings is 1. The van der Waals surface area contributed by atoms with Gasteiger partial charge in [0.05, 0.1) is 10.0 Å². The molecule has 2 atom stereocenters. The number of hydrogen-bond donors (Lipinski definition) is 4. The zero-order valence-electron chi connectivity index (χ0n) is 22.1. The van der Waals surface area contributed by atoms with Gasteiger partial charge in [0.2, 0.25) is 0 Å². The third kappa shape index (κ3) is 6.58. The second-order valence-corrected chi connectivity index (χ2v) is 11.6. The third-order valence-electron chi connectivity index (χ3n) is 7.10. The number of aromatic nitrogens is 3. The van der Waals surface area contributed by atoms with Crippen LogP contribution in [0.1, 0.15) is 40.1 Å². The van der Waals surface area contributed by atoms with E-state index in [-0.39, 0.29) is 5.56 Å². The van der Waals surface area contributed by atoms with Crippen molar-refractivity contribution in [2.45, 2.75) is 57.0 Å². The van der Waals surface area contributed by atoms with Gasteiger partial charge in [-0.2, -0.15) is 13.9 Å². The molecule has 0 unspecified atom stereocenters. The van der Waals surface area contributed by atoms with Crippen molar-refractivity contribution in [1.82, 2.24) is 19.7 Å². The minimum Gasteiger partial charge on any atom is -0.479 e. The summed E-state index contributed by atoms with van der Waals surface area (Å²) in [4.78, 5) is 26.9. The first kappa shape index (κ1) is 30.9. The fourth-order valence-electron chi connectivity index (χ4n) is 4.77. The molecule has 4 N–H and O–H groups in total. The lowest BCUT2D eigenvalue weighted by Gasteiger charge is -2.45. The molecule has 11 nitrogen and oxygen atoms in total. The number of aliphatic carboxylic acids is 2. The number of nitrogens with zero attached hydrogens (tertiary/aromatic N) is 4. The monoisotopic (exact) mass is 614 g/mol. The molecule has 0 aromatic carbocycles. The smallest absolute Gasteiger partial charge is 0.335 e. The maximum absolute atomic E-state index is 14.3. The van der Waals surface area contributed by atoms with Crippen LogP contribution in [0.15, 0.2) is 30.6 Å². The Morgan fingerprint density at radius 1 is 1.17 bits per heavy atom. The number of rotatable bonds is 6. The van der Waals surface area contributed by atoms with Gasteiger partial charge in [-0.25, -0.2) is 19.3 Å². The topological polar surface area (TPSA) is 158 Å². The van der Waals surface area contributed by atoms with Crippen molar-refractivity contribution in [1.29, 1.82) is 0 Å². The highest BCUT2D eigenvalue weighted by atomic mass is 35.5. The predicted octanol–water partition coefficient (Wildman–Crippen LogP) is 3.09. The van der Waals surface area contributed by atoms with Crippen LogP contribution in [0.4, 0.5) is 8.78 Å². The number of aryl methyl sites for hydroxylation is 2. The number of fused-ring (bicyclic) bond motifs is 2. The fourth-order valence-corrected chi connectivity index (χ4v) is 6.25. The molecule has 0 radical (unpaired) electrons. The molecular formula is C26H29ClF2N4O7S. The largest absolute Gasteiger partial charge is 0.479 e. The molecule has 0 aliphatic carbocycles. The van der Waals surface area contributed by atoms with E-state index in [1.54, 1.807) is 6.20 Å². The zero-order valence-corrected chi connectivity index (χ0v) is 23.7. The molecule has 1 saturated heterocycles. The lowest BCUT2D eigenvalue weighted by Crippen LogP contribution is -2.48. The Morgan fingerprint density at radius 2 is 1.80 bits per heavy atom. The number of alkyl halides is 2. The number of carbonyl (C=O) groups is 2. The number of aliphatic hydroxyl groups is 2. The first-order valence-corrected chi connectivity index (χ1v) is 13.8. The second-order valence-electron chi connectivity index (χ2n) is 9.95. The van der Waals surface area contributed by atoms with E-state index in [0.29, 0.717) is 22.1 Å². The summed E-state index contributed by atoms with van der Waals surface area (Å²) in [5, 5.41) is 37.2. The van der Waals surface area contributed by atoms with E-state index in [4.69, 9.17) is 36.8 Å². The van der Waals surface area contributed by atoms with Gasteiger partial charge in [0.1, 0.15) is 12.2 Å². The highest BCUT2D eigenvalue weighted by molar-refractivity contribution is 7.16. The van der Waals surface area contributed by atoms with Crippen molar-refractivity contribution < 1.29 is 43.5 Å². The Hall–Kier alpha value is -3.01. The van der Waals surface area contributed by atoms with Gasteiger partial charge in [-0.3, -0.25) is 4.90 Å². The first-order chi connectivity index (χ1) is 19.2. The number of ether oxygens (including phenoxy) is 1. The van der Waals surface area contributed by atoms with E-state index in [9.17, 15) is 18.4 Å². The molecule has 15 heteroatoms. The Bertz CT molecular complexity index is 1410. The Balaban J connectivity index is 0.000000334. The highest BCUT2D eigenvalue weighted by Crippen LogP contribution is 2.52. The Kier molecular flexibility index (Phi) is 9.11. The molecule has 2 aliphatic heterocycles. The van der Waals surface area contributed by atoms with E-state index in [2.05, 4.69) is 15.0 Å². The van der Waals surface area contributed by atoms with Gasteiger partial charge in [0.15, 0.2) is 18.0 Å². The molecule has 5 heterocycles. The maximum atomic E-state index is 14.3. The number of aliphatic hydroxyl groups excluding tert-OH is 2. The number of carboxylic acids is 2. The lowest BCUT2D eigenvalue weighted by molar-refractivity contribution is -0.182. The van der Waals surface area contributed by atoms with Gasteiger partial charge in [-0.1, -0.05) is 17.7 Å². The molecular weight excluding hydrogens is 586 g/mol. The van der Waals surface area contributed by atoms with Gasteiger partial charge in [0.25, 0.3) is 5.92 Å². The van der Waals surface area contributed by atoms with Crippen LogP contribution in [0.25, 0.3) is 5.82 Å². The highest BCUT2D eigenvalue weighted by Gasteiger charge is 2.51. The minimum absolute atomic E-state index is 0.0463. The van der Waals surface area contributed by atoms with Crippen LogP contribution in [0.2, 0.25) is 4.34 Å². The molecule has 3 aromatic heterocycles. The summed E-state index contributed by atoms with van der Waals surface area (Å²) in [5.41, 5.74) is 2.55. The van der Waals surface area contributed by atoms with E-state index in [1.165, 1.54) is 17.4 Å². The van der Waals surface area contributed by atoms with Crippen molar-refractivity contribution in [3.8, 4) is 5.82 Å². The normalized spacial score (nSPS) is 19.1. The minimum atomic E-state index is -2.98. The summed E-state index contributed by atoms with van der Waals surface area (Å²) in [6.45, 7) is 5.70. The fraction of sp³-hybridized carbons (Fsp3) is 0.462. The van der Waals surface area contributed by atoms with E-state index < -0.39 is 42.3 Å². The summed E-state index contributed by atoms with van der Waals surface area (Å²) < 4.78 is 36.7. The second kappa shape index (κ2) is 12.1. The quantitative estimate of drug-likeness (QED) is 0.325.